The number of nitrogen functional groups attached to an aromatic ring is 1. The van der Waals surface area contributed by atoms with E-state index in [-0.39, 0.29) is 16.8 Å². The molecule has 3 N–H and O–H groups in total. The zero-order valence-corrected chi connectivity index (χ0v) is 12.7. The number of carbonyl (C=O) groups is 2. The Hall–Kier alpha value is -1.75. The summed E-state index contributed by atoms with van der Waals surface area (Å²) < 4.78 is 0. The third kappa shape index (κ3) is 4.11. The summed E-state index contributed by atoms with van der Waals surface area (Å²) in [6.07, 6.45) is 3.63. The third-order valence-corrected chi connectivity index (χ3v) is 4.03. The molecule has 5 nitrogen and oxygen atoms in total. The van der Waals surface area contributed by atoms with E-state index in [1.807, 2.05) is 4.90 Å². The van der Waals surface area contributed by atoms with Crippen LogP contribution in [-0.2, 0) is 4.79 Å². The van der Waals surface area contributed by atoms with Gasteiger partial charge in [-0.05, 0) is 31.4 Å². The molecule has 0 unspecified atom stereocenters. The van der Waals surface area contributed by atoms with Crippen LogP contribution in [0.1, 0.15) is 36.0 Å². The van der Waals surface area contributed by atoms with Crippen molar-refractivity contribution in [3.05, 3.63) is 28.8 Å². The molecule has 1 aliphatic heterocycles. The van der Waals surface area contributed by atoms with Gasteiger partial charge in [-0.25, -0.2) is 0 Å². The number of halogens is 1. The summed E-state index contributed by atoms with van der Waals surface area (Å²) in [7, 11) is 0. The molecule has 1 aromatic rings. The van der Waals surface area contributed by atoms with Crippen molar-refractivity contribution in [1.82, 2.24) is 10.2 Å². The topological polar surface area (TPSA) is 75.4 Å². The minimum absolute atomic E-state index is 0.0914. The number of nitrogens with one attached hydrogen (secondary N) is 1. The number of hydrogen-bond donors (Lipinski definition) is 2. The molecule has 114 valence electrons. The number of rotatable bonds is 4. The van der Waals surface area contributed by atoms with Crippen molar-refractivity contribution in [2.75, 3.05) is 25.4 Å². The summed E-state index contributed by atoms with van der Waals surface area (Å²) in [4.78, 5) is 25.8. The highest BCUT2D eigenvalue weighted by Gasteiger charge is 2.17. The van der Waals surface area contributed by atoms with Gasteiger partial charge in [-0.3, -0.25) is 9.59 Å². The average molecular weight is 310 g/mol. The van der Waals surface area contributed by atoms with Gasteiger partial charge in [-0.15, -0.1) is 0 Å². The summed E-state index contributed by atoms with van der Waals surface area (Å²) in [6, 6.07) is 4.93. The fourth-order valence-corrected chi connectivity index (χ4v) is 2.62. The number of likely N-dealkylation sites (tertiary alicyclic amines) is 1. The van der Waals surface area contributed by atoms with Gasteiger partial charge in [0.1, 0.15) is 0 Å². The molecule has 0 aromatic heterocycles. The van der Waals surface area contributed by atoms with Crippen LogP contribution in [0, 0.1) is 0 Å². The molecular formula is C15H20ClN3O2. The lowest BCUT2D eigenvalue weighted by Gasteiger charge is -2.26. The third-order valence-electron chi connectivity index (χ3n) is 3.61. The largest absolute Gasteiger partial charge is 0.398 e. The molecule has 0 bridgehead atoms. The number of hydrogen-bond acceptors (Lipinski definition) is 3. The number of nitrogens with two attached hydrogens (primary N) is 1. The summed E-state index contributed by atoms with van der Waals surface area (Å²) in [5, 5.41) is 2.96. The van der Waals surface area contributed by atoms with Crippen LogP contribution in [0.4, 0.5) is 5.69 Å². The van der Waals surface area contributed by atoms with E-state index in [0.29, 0.717) is 24.2 Å². The Bertz CT molecular complexity index is 528. The number of amides is 2. The van der Waals surface area contributed by atoms with Crippen molar-refractivity contribution in [3.8, 4) is 0 Å². The van der Waals surface area contributed by atoms with Gasteiger partial charge in [-0.2, -0.15) is 0 Å². The summed E-state index contributed by atoms with van der Waals surface area (Å²) in [5.74, 6) is -0.215. The Labute approximate surface area is 129 Å². The Morgan fingerprint density at radius 2 is 1.95 bits per heavy atom. The first kappa shape index (κ1) is 15.6. The second-order valence-electron chi connectivity index (χ2n) is 5.16. The van der Waals surface area contributed by atoms with Gasteiger partial charge in [0.05, 0.1) is 16.3 Å². The minimum Gasteiger partial charge on any atom is -0.398 e. The van der Waals surface area contributed by atoms with E-state index in [0.717, 1.165) is 25.9 Å². The van der Waals surface area contributed by atoms with Crippen molar-refractivity contribution in [2.24, 2.45) is 0 Å². The molecule has 2 rings (SSSR count). The number of carbonyl (C=O) groups excluding carboxylic acids is 2. The molecule has 0 spiro atoms. The van der Waals surface area contributed by atoms with Gasteiger partial charge in [-0.1, -0.05) is 17.7 Å². The first-order chi connectivity index (χ1) is 10.1. The monoisotopic (exact) mass is 309 g/mol. The number of nitrogens with zero attached hydrogens (tertiary/aromatic N) is 1. The Kier molecular flexibility index (Phi) is 5.44. The number of piperidine rings is 1. The highest BCUT2D eigenvalue weighted by molar-refractivity contribution is 6.36. The van der Waals surface area contributed by atoms with Gasteiger partial charge in [0.2, 0.25) is 5.91 Å². The van der Waals surface area contributed by atoms with E-state index in [9.17, 15) is 9.59 Å². The Morgan fingerprint density at radius 1 is 1.24 bits per heavy atom. The maximum Gasteiger partial charge on any atom is 0.252 e. The maximum absolute atomic E-state index is 12.0. The number of benzene rings is 1. The summed E-state index contributed by atoms with van der Waals surface area (Å²) in [5.41, 5.74) is 6.36. The zero-order valence-electron chi connectivity index (χ0n) is 11.9. The van der Waals surface area contributed by atoms with E-state index in [2.05, 4.69) is 5.32 Å². The van der Waals surface area contributed by atoms with Crippen molar-refractivity contribution in [1.29, 1.82) is 0 Å². The lowest BCUT2D eigenvalue weighted by Crippen LogP contribution is -2.37. The van der Waals surface area contributed by atoms with E-state index in [1.54, 1.807) is 18.2 Å². The average Bonchev–Trinajstić information content (AvgIpc) is 2.50. The maximum atomic E-state index is 12.0. The van der Waals surface area contributed by atoms with Gasteiger partial charge in [0.25, 0.3) is 5.91 Å². The van der Waals surface area contributed by atoms with Crippen LogP contribution in [0.2, 0.25) is 5.02 Å². The first-order valence-electron chi connectivity index (χ1n) is 7.19. The van der Waals surface area contributed by atoms with Crippen LogP contribution in [0.15, 0.2) is 18.2 Å². The highest BCUT2D eigenvalue weighted by atomic mass is 35.5. The van der Waals surface area contributed by atoms with Gasteiger partial charge < -0.3 is 16.0 Å². The molecule has 1 heterocycles. The molecule has 1 aliphatic rings. The fraction of sp³-hybridized carbons (Fsp3) is 0.467. The highest BCUT2D eigenvalue weighted by Crippen LogP contribution is 2.22. The van der Waals surface area contributed by atoms with Crippen LogP contribution in [0.25, 0.3) is 0 Å². The molecule has 1 aromatic carbocycles. The van der Waals surface area contributed by atoms with Crippen LogP contribution in [-0.4, -0.2) is 36.3 Å². The van der Waals surface area contributed by atoms with E-state index in [4.69, 9.17) is 17.3 Å². The number of anilines is 1. The first-order valence-corrected chi connectivity index (χ1v) is 7.57. The molecule has 1 saturated heterocycles. The molecule has 0 aliphatic carbocycles. The van der Waals surface area contributed by atoms with Crippen LogP contribution in [0.3, 0.4) is 0 Å². The van der Waals surface area contributed by atoms with E-state index in [1.165, 1.54) is 6.42 Å². The van der Waals surface area contributed by atoms with Gasteiger partial charge >= 0.3 is 0 Å². The molecule has 6 heteroatoms. The van der Waals surface area contributed by atoms with Crippen molar-refractivity contribution >= 4 is 29.1 Å². The van der Waals surface area contributed by atoms with Crippen LogP contribution in [0.5, 0.6) is 0 Å². The van der Waals surface area contributed by atoms with Crippen molar-refractivity contribution in [3.63, 3.8) is 0 Å². The van der Waals surface area contributed by atoms with Crippen LogP contribution < -0.4 is 11.1 Å². The normalized spacial score (nSPS) is 14.8. The molecule has 2 amide bonds. The molecule has 1 fully saturated rings. The molecule has 0 atom stereocenters. The predicted molar refractivity (Wildman–Crippen MR) is 83.2 cm³/mol. The summed E-state index contributed by atoms with van der Waals surface area (Å²) >= 11 is 5.99. The zero-order chi connectivity index (χ0) is 15.2. The molecule has 0 saturated carbocycles. The SMILES string of the molecule is Nc1cccc(C(=O)NCCC(=O)N2CCCCC2)c1Cl. The van der Waals surface area contributed by atoms with Crippen LogP contribution >= 0.6 is 11.6 Å². The molecule has 0 radical (unpaired) electrons. The van der Waals surface area contributed by atoms with E-state index >= 15 is 0 Å². The van der Waals surface area contributed by atoms with Crippen molar-refractivity contribution in [2.45, 2.75) is 25.7 Å². The van der Waals surface area contributed by atoms with E-state index < -0.39 is 0 Å². The van der Waals surface area contributed by atoms with Gasteiger partial charge in [0, 0.05) is 26.1 Å². The second-order valence-corrected chi connectivity index (χ2v) is 5.53. The van der Waals surface area contributed by atoms with Crippen molar-refractivity contribution < 1.29 is 9.59 Å². The second kappa shape index (κ2) is 7.31. The lowest BCUT2D eigenvalue weighted by molar-refractivity contribution is -0.131. The predicted octanol–water partition coefficient (Wildman–Crippen LogP) is 2.05. The Balaban J connectivity index is 1.81. The molecular weight excluding hydrogens is 290 g/mol. The smallest absolute Gasteiger partial charge is 0.252 e. The minimum atomic E-state index is -0.307. The standard InChI is InChI=1S/C15H20ClN3O2/c16-14-11(5-4-6-12(14)17)15(21)18-8-7-13(20)19-9-2-1-3-10-19/h4-6H,1-3,7-10,17H2,(H,18,21). The Morgan fingerprint density at radius 3 is 2.67 bits per heavy atom. The molecule has 21 heavy (non-hydrogen) atoms. The van der Waals surface area contributed by atoms with Gasteiger partial charge in [0.15, 0.2) is 0 Å². The lowest BCUT2D eigenvalue weighted by atomic mass is 10.1. The summed E-state index contributed by atoms with van der Waals surface area (Å²) in [6.45, 7) is 1.96. The fourth-order valence-electron chi connectivity index (χ4n) is 2.40. The quantitative estimate of drug-likeness (QED) is 0.836.